The number of fused-ring (bicyclic) bond motifs is 1. The molecule has 1 spiro atoms. The van der Waals surface area contributed by atoms with Gasteiger partial charge in [-0.05, 0) is 37.8 Å². The van der Waals surface area contributed by atoms with Gasteiger partial charge in [-0.1, -0.05) is 11.6 Å². The molecule has 4 atom stereocenters. The number of aromatic nitrogens is 1. The fraction of sp³-hybridized carbons (Fsp3) is 0.737. The molecule has 4 aliphatic rings. The summed E-state index contributed by atoms with van der Waals surface area (Å²) in [6.07, 6.45) is 5.01. The number of sulfonamides is 1. The molecule has 0 unspecified atom stereocenters. The maximum absolute atomic E-state index is 12.7. The Morgan fingerprint density at radius 2 is 2.11 bits per heavy atom. The van der Waals surface area contributed by atoms with Gasteiger partial charge in [0.15, 0.2) is 0 Å². The zero-order chi connectivity index (χ0) is 19.4. The van der Waals surface area contributed by atoms with Gasteiger partial charge >= 0.3 is 0 Å². The maximum Gasteiger partial charge on any atom is 0.214 e. The maximum atomic E-state index is 12.7. The number of ether oxygens (including phenoxy) is 2. The molecule has 1 aromatic heterocycles. The third kappa shape index (κ3) is 3.23. The zero-order valence-corrected chi connectivity index (χ0v) is 17.3. The predicted molar refractivity (Wildman–Crippen MR) is 106 cm³/mol. The van der Waals surface area contributed by atoms with Crippen molar-refractivity contribution >= 4 is 27.4 Å². The molecule has 28 heavy (non-hydrogen) atoms. The van der Waals surface area contributed by atoms with Crippen LogP contribution in [0.5, 0.6) is 0 Å². The van der Waals surface area contributed by atoms with Crippen molar-refractivity contribution in [2.45, 2.75) is 42.6 Å². The first-order valence-electron chi connectivity index (χ1n) is 10.1. The summed E-state index contributed by atoms with van der Waals surface area (Å²) in [5, 5.41) is 0.284. The van der Waals surface area contributed by atoms with Gasteiger partial charge in [0.05, 0.1) is 22.0 Å². The predicted octanol–water partition coefficient (Wildman–Crippen LogP) is 1.82. The van der Waals surface area contributed by atoms with Gasteiger partial charge in [-0.2, -0.15) is 0 Å². The summed E-state index contributed by atoms with van der Waals surface area (Å²) in [7, 11) is -3.32. The van der Waals surface area contributed by atoms with Crippen molar-refractivity contribution in [3.63, 3.8) is 0 Å². The highest BCUT2D eigenvalue weighted by molar-refractivity contribution is 7.90. The Bertz CT molecular complexity index is 830. The molecule has 2 bridgehead atoms. The smallest absolute Gasteiger partial charge is 0.214 e. The molecule has 9 heteroatoms. The van der Waals surface area contributed by atoms with Crippen LogP contribution < -0.4 is 9.62 Å². The van der Waals surface area contributed by atoms with Crippen molar-refractivity contribution in [2.75, 3.05) is 37.7 Å². The van der Waals surface area contributed by atoms with E-state index in [9.17, 15) is 8.42 Å². The average molecular weight is 428 g/mol. The van der Waals surface area contributed by atoms with Crippen molar-refractivity contribution in [2.24, 2.45) is 11.8 Å². The standard InChI is InChI=1S/C19H26ClN3O4S/c20-13-1-2-18(21-9-13)23-11-16-15(17-3-6-19(16,12-23)27-17)10-22-28(24,25)14-4-7-26-8-5-14/h1-2,9,14-17,22H,3-8,10-12H2/t15-,16+,17+,19+/m0/s1. The molecule has 5 rings (SSSR count). The van der Waals surface area contributed by atoms with Crippen molar-refractivity contribution in [3.8, 4) is 0 Å². The largest absolute Gasteiger partial charge is 0.381 e. The third-order valence-electron chi connectivity index (χ3n) is 6.95. The molecular formula is C19H26ClN3O4S. The van der Waals surface area contributed by atoms with Crippen molar-refractivity contribution in [1.82, 2.24) is 9.71 Å². The van der Waals surface area contributed by atoms with Gasteiger partial charge in [0.25, 0.3) is 0 Å². The van der Waals surface area contributed by atoms with Gasteiger partial charge in [0, 0.05) is 50.9 Å². The Balaban J connectivity index is 1.28. The van der Waals surface area contributed by atoms with Crippen LogP contribution in [0.25, 0.3) is 0 Å². The van der Waals surface area contributed by atoms with Gasteiger partial charge in [-0.25, -0.2) is 18.1 Å². The quantitative estimate of drug-likeness (QED) is 0.772. The molecule has 4 aliphatic heterocycles. The molecule has 1 N–H and O–H groups in total. The van der Waals surface area contributed by atoms with Crippen LogP contribution in [0.4, 0.5) is 5.82 Å². The van der Waals surface area contributed by atoms with Gasteiger partial charge in [-0.3, -0.25) is 0 Å². The molecule has 0 aromatic carbocycles. The minimum atomic E-state index is -3.32. The molecule has 0 amide bonds. The molecule has 7 nitrogen and oxygen atoms in total. The van der Waals surface area contributed by atoms with E-state index in [2.05, 4.69) is 14.6 Å². The van der Waals surface area contributed by atoms with E-state index < -0.39 is 10.0 Å². The normalized spacial score (nSPS) is 35.5. The van der Waals surface area contributed by atoms with Crippen LogP contribution >= 0.6 is 11.6 Å². The van der Waals surface area contributed by atoms with Crippen LogP contribution in [-0.2, 0) is 19.5 Å². The van der Waals surface area contributed by atoms with Crippen LogP contribution in [-0.4, -0.2) is 63.2 Å². The zero-order valence-electron chi connectivity index (χ0n) is 15.7. The van der Waals surface area contributed by atoms with E-state index in [0.29, 0.717) is 43.5 Å². The lowest BCUT2D eigenvalue weighted by molar-refractivity contribution is 0.0142. The lowest BCUT2D eigenvalue weighted by Crippen LogP contribution is -2.45. The van der Waals surface area contributed by atoms with E-state index in [-0.39, 0.29) is 22.9 Å². The number of hydrogen-bond acceptors (Lipinski definition) is 6. The molecule has 4 saturated heterocycles. The summed E-state index contributed by atoms with van der Waals surface area (Å²) in [4.78, 5) is 6.71. The molecule has 4 fully saturated rings. The summed E-state index contributed by atoms with van der Waals surface area (Å²) >= 11 is 5.97. The topological polar surface area (TPSA) is 80.8 Å². The molecule has 0 radical (unpaired) electrons. The Labute approximate surface area is 170 Å². The summed E-state index contributed by atoms with van der Waals surface area (Å²) in [6, 6.07) is 3.79. The van der Waals surface area contributed by atoms with Crippen molar-refractivity contribution < 1.29 is 17.9 Å². The van der Waals surface area contributed by atoms with Crippen LogP contribution in [0.15, 0.2) is 18.3 Å². The van der Waals surface area contributed by atoms with Gasteiger partial charge in [0.1, 0.15) is 5.82 Å². The number of nitrogens with zero attached hydrogens (tertiary/aromatic N) is 2. The minimum absolute atomic E-state index is 0.155. The van der Waals surface area contributed by atoms with E-state index in [4.69, 9.17) is 21.1 Å². The van der Waals surface area contributed by atoms with E-state index >= 15 is 0 Å². The molecule has 5 heterocycles. The number of rotatable bonds is 5. The second-order valence-corrected chi connectivity index (χ2v) is 10.9. The Morgan fingerprint density at radius 1 is 1.29 bits per heavy atom. The average Bonchev–Trinajstić information content (AvgIpc) is 3.36. The SMILES string of the molecule is O=S(=O)(NC[C@H]1[C@H]2CN(c3ccc(Cl)cn3)C[C@]23CC[C@H]1O3)C1CCOCC1. The van der Waals surface area contributed by atoms with E-state index in [1.165, 1.54) is 0 Å². The monoisotopic (exact) mass is 427 g/mol. The van der Waals surface area contributed by atoms with Gasteiger partial charge in [0.2, 0.25) is 10.0 Å². The van der Waals surface area contributed by atoms with Crippen LogP contribution in [0.3, 0.4) is 0 Å². The number of anilines is 1. The second kappa shape index (κ2) is 7.09. The summed E-state index contributed by atoms with van der Waals surface area (Å²) < 4.78 is 40.1. The summed E-state index contributed by atoms with van der Waals surface area (Å²) in [6.45, 7) is 3.16. The van der Waals surface area contributed by atoms with E-state index in [0.717, 1.165) is 31.7 Å². The fourth-order valence-corrected chi connectivity index (χ4v) is 7.09. The van der Waals surface area contributed by atoms with Crippen LogP contribution in [0.1, 0.15) is 25.7 Å². The minimum Gasteiger partial charge on any atom is -0.381 e. The van der Waals surface area contributed by atoms with Crippen LogP contribution in [0.2, 0.25) is 5.02 Å². The van der Waals surface area contributed by atoms with Crippen molar-refractivity contribution in [1.29, 1.82) is 0 Å². The Hall–Kier alpha value is -0.930. The lowest BCUT2D eigenvalue weighted by Gasteiger charge is -2.30. The first-order valence-corrected chi connectivity index (χ1v) is 12.0. The molecular weight excluding hydrogens is 402 g/mol. The molecule has 0 saturated carbocycles. The van der Waals surface area contributed by atoms with Crippen molar-refractivity contribution in [3.05, 3.63) is 23.4 Å². The molecule has 0 aliphatic carbocycles. The summed E-state index contributed by atoms with van der Waals surface area (Å²) in [5.41, 5.74) is -0.166. The Morgan fingerprint density at radius 3 is 2.86 bits per heavy atom. The highest BCUT2D eigenvalue weighted by atomic mass is 35.5. The lowest BCUT2D eigenvalue weighted by atomic mass is 9.74. The molecule has 1 aromatic rings. The van der Waals surface area contributed by atoms with E-state index in [1.807, 2.05) is 12.1 Å². The first-order chi connectivity index (χ1) is 13.5. The first kappa shape index (κ1) is 19.1. The number of hydrogen-bond donors (Lipinski definition) is 1. The summed E-state index contributed by atoms with van der Waals surface area (Å²) in [5.74, 6) is 1.43. The third-order valence-corrected chi connectivity index (χ3v) is 9.09. The number of nitrogens with one attached hydrogen (secondary N) is 1. The molecule has 154 valence electrons. The number of halogens is 1. The number of pyridine rings is 1. The van der Waals surface area contributed by atoms with Gasteiger partial charge < -0.3 is 14.4 Å². The highest BCUT2D eigenvalue weighted by Crippen LogP contribution is 2.55. The fourth-order valence-electron chi connectivity index (χ4n) is 5.51. The van der Waals surface area contributed by atoms with Crippen LogP contribution in [0, 0.1) is 11.8 Å². The Kier molecular flexibility index (Phi) is 4.83. The highest BCUT2D eigenvalue weighted by Gasteiger charge is 2.63. The van der Waals surface area contributed by atoms with Gasteiger partial charge in [-0.15, -0.1) is 0 Å². The van der Waals surface area contributed by atoms with E-state index in [1.54, 1.807) is 6.20 Å². The second-order valence-electron chi connectivity index (χ2n) is 8.45.